The number of esters is 1. The van der Waals surface area contributed by atoms with E-state index >= 15 is 0 Å². The van der Waals surface area contributed by atoms with Crippen molar-refractivity contribution in [3.05, 3.63) is 64.5 Å². The van der Waals surface area contributed by atoms with E-state index in [0.717, 1.165) is 32.0 Å². The molecule has 6 heteroatoms. The van der Waals surface area contributed by atoms with Crippen molar-refractivity contribution in [1.29, 1.82) is 0 Å². The average Bonchev–Trinajstić information content (AvgIpc) is 3.30. The molecule has 0 unspecified atom stereocenters. The molecule has 2 heterocycles. The van der Waals surface area contributed by atoms with Crippen molar-refractivity contribution in [3.63, 3.8) is 0 Å². The van der Waals surface area contributed by atoms with Gasteiger partial charge >= 0.3 is 5.97 Å². The van der Waals surface area contributed by atoms with Crippen LogP contribution in [0.4, 0.5) is 0 Å². The number of hydrogen-bond acceptors (Lipinski definition) is 5. The third-order valence-electron chi connectivity index (χ3n) is 4.26. The van der Waals surface area contributed by atoms with Gasteiger partial charge in [-0.3, -0.25) is 4.79 Å². The lowest BCUT2D eigenvalue weighted by atomic mass is 10.1. The molecular weight excluding hydrogens is 412 g/mol. The number of ether oxygens (including phenoxy) is 2. The zero-order valence-electron chi connectivity index (χ0n) is 14.7. The average molecular weight is 429 g/mol. The summed E-state index contributed by atoms with van der Waals surface area (Å²) >= 11 is 3.53. The van der Waals surface area contributed by atoms with Gasteiger partial charge in [0, 0.05) is 10.9 Å². The summed E-state index contributed by atoms with van der Waals surface area (Å²) in [5, 5.41) is 1.83. The summed E-state index contributed by atoms with van der Waals surface area (Å²) in [6.45, 7) is 2.49. The van der Waals surface area contributed by atoms with E-state index in [1.165, 1.54) is 0 Å². The molecule has 4 rings (SSSR count). The van der Waals surface area contributed by atoms with E-state index in [-0.39, 0.29) is 12.4 Å². The molecule has 0 amide bonds. The predicted molar refractivity (Wildman–Crippen MR) is 105 cm³/mol. The van der Waals surface area contributed by atoms with Crippen LogP contribution in [0.2, 0.25) is 0 Å². The van der Waals surface area contributed by atoms with E-state index in [0.29, 0.717) is 24.5 Å². The number of fused-ring (bicyclic) bond motifs is 2. The zero-order valence-corrected chi connectivity index (χ0v) is 16.2. The minimum absolute atomic E-state index is 0.148. The minimum Gasteiger partial charge on any atom is -0.488 e. The summed E-state index contributed by atoms with van der Waals surface area (Å²) in [5.74, 6) is 0.352. The van der Waals surface area contributed by atoms with Crippen molar-refractivity contribution < 1.29 is 23.1 Å². The fourth-order valence-corrected chi connectivity index (χ4v) is 3.69. The molecule has 0 N–H and O–H groups in total. The largest absolute Gasteiger partial charge is 0.488 e. The van der Waals surface area contributed by atoms with E-state index in [4.69, 9.17) is 18.3 Å². The monoisotopic (exact) mass is 428 g/mol. The Balaban J connectivity index is 1.64. The molecule has 0 aliphatic rings. The Hall–Kier alpha value is -2.73. The van der Waals surface area contributed by atoms with E-state index in [2.05, 4.69) is 15.9 Å². The normalized spacial score (nSPS) is 11.2. The van der Waals surface area contributed by atoms with Crippen LogP contribution in [0.3, 0.4) is 0 Å². The molecule has 0 bridgehead atoms. The number of carbonyl (C=O) groups is 1. The summed E-state index contributed by atoms with van der Waals surface area (Å²) in [5.41, 5.74) is 3.27. The van der Waals surface area contributed by atoms with E-state index in [1.54, 1.807) is 19.5 Å². The molecule has 0 fully saturated rings. The Bertz CT molecular complexity index is 1110. The van der Waals surface area contributed by atoms with Crippen LogP contribution >= 0.6 is 15.9 Å². The van der Waals surface area contributed by atoms with Gasteiger partial charge in [0.1, 0.15) is 23.5 Å². The highest BCUT2D eigenvalue weighted by Crippen LogP contribution is 2.33. The zero-order chi connectivity index (χ0) is 18.8. The van der Waals surface area contributed by atoms with E-state index in [1.807, 2.05) is 36.4 Å². The lowest BCUT2D eigenvalue weighted by Gasteiger charge is -2.13. The Morgan fingerprint density at radius 2 is 1.96 bits per heavy atom. The smallest absolute Gasteiger partial charge is 0.310 e. The molecule has 2 aromatic heterocycles. The van der Waals surface area contributed by atoms with Crippen LogP contribution in [-0.4, -0.2) is 12.6 Å². The van der Waals surface area contributed by atoms with Gasteiger partial charge in [-0.1, -0.05) is 6.07 Å². The SMILES string of the molecule is CCOC(=O)Cc1ccc2occc2c1OCc1cc(Br)c2occc2c1. The molecule has 0 saturated heterocycles. The van der Waals surface area contributed by atoms with Gasteiger partial charge in [-0.2, -0.15) is 0 Å². The van der Waals surface area contributed by atoms with Crippen LogP contribution in [0.1, 0.15) is 18.1 Å². The number of hydrogen-bond donors (Lipinski definition) is 0. The van der Waals surface area contributed by atoms with Crippen molar-refractivity contribution in [2.45, 2.75) is 20.0 Å². The van der Waals surface area contributed by atoms with Crippen LogP contribution in [0.5, 0.6) is 5.75 Å². The fourth-order valence-electron chi connectivity index (χ4n) is 3.08. The van der Waals surface area contributed by atoms with Gasteiger partial charge in [-0.25, -0.2) is 0 Å². The van der Waals surface area contributed by atoms with Crippen LogP contribution in [-0.2, 0) is 22.6 Å². The number of halogens is 1. The van der Waals surface area contributed by atoms with Crippen LogP contribution < -0.4 is 4.74 Å². The van der Waals surface area contributed by atoms with Crippen LogP contribution in [0.15, 0.2) is 62.2 Å². The van der Waals surface area contributed by atoms with Gasteiger partial charge < -0.3 is 18.3 Å². The maximum atomic E-state index is 12.0. The first kappa shape index (κ1) is 17.7. The molecule has 0 atom stereocenters. The second-order valence-electron chi connectivity index (χ2n) is 6.07. The van der Waals surface area contributed by atoms with Gasteiger partial charge in [0.25, 0.3) is 0 Å². The topological polar surface area (TPSA) is 61.8 Å². The predicted octanol–water partition coefficient (Wildman–Crippen LogP) is 5.63. The standard InChI is InChI=1S/C21H17BrO5/c1-2-24-19(23)11-14-3-4-18-16(6-8-25-18)20(14)27-12-13-9-15-5-7-26-21(15)17(22)10-13/h3-10H,2,11-12H2,1H3. The maximum Gasteiger partial charge on any atom is 0.310 e. The first-order chi connectivity index (χ1) is 13.2. The highest BCUT2D eigenvalue weighted by atomic mass is 79.9. The van der Waals surface area contributed by atoms with E-state index in [9.17, 15) is 4.79 Å². The molecule has 4 aromatic rings. The lowest BCUT2D eigenvalue weighted by molar-refractivity contribution is -0.142. The molecule has 27 heavy (non-hydrogen) atoms. The Morgan fingerprint density at radius 1 is 1.11 bits per heavy atom. The minimum atomic E-state index is -0.284. The lowest BCUT2D eigenvalue weighted by Crippen LogP contribution is -2.09. The second-order valence-corrected chi connectivity index (χ2v) is 6.93. The number of benzene rings is 2. The Kier molecular flexibility index (Phi) is 4.90. The summed E-state index contributed by atoms with van der Waals surface area (Å²) in [7, 11) is 0. The highest BCUT2D eigenvalue weighted by molar-refractivity contribution is 9.10. The van der Waals surface area contributed by atoms with Crippen molar-refractivity contribution in [2.24, 2.45) is 0 Å². The van der Waals surface area contributed by atoms with E-state index < -0.39 is 0 Å². The Morgan fingerprint density at radius 3 is 2.81 bits per heavy atom. The molecule has 138 valence electrons. The maximum absolute atomic E-state index is 12.0. The molecule has 0 aliphatic carbocycles. The van der Waals surface area contributed by atoms with Gasteiger partial charge in [0.2, 0.25) is 0 Å². The van der Waals surface area contributed by atoms with Crippen molar-refractivity contribution in [1.82, 2.24) is 0 Å². The van der Waals surface area contributed by atoms with Gasteiger partial charge in [-0.15, -0.1) is 0 Å². The third kappa shape index (κ3) is 3.57. The van der Waals surface area contributed by atoms with Gasteiger partial charge in [0.05, 0.1) is 35.4 Å². The van der Waals surface area contributed by atoms with Gasteiger partial charge in [-0.05, 0) is 58.7 Å². The number of furan rings is 2. The quantitative estimate of drug-likeness (QED) is 0.372. The molecule has 0 saturated carbocycles. The van der Waals surface area contributed by atoms with Gasteiger partial charge in [0.15, 0.2) is 0 Å². The molecule has 0 aliphatic heterocycles. The first-order valence-electron chi connectivity index (χ1n) is 8.59. The van der Waals surface area contributed by atoms with Crippen molar-refractivity contribution in [3.8, 4) is 5.75 Å². The van der Waals surface area contributed by atoms with Crippen LogP contribution in [0.25, 0.3) is 21.9 Å². The molecular formula is C21H17BrO5. The Labute approximate surface area is 164 Å². The molecule has 0 radical (unpaired) electrons. The summed E-state index contributed by atoms with van der Waals surface area (Å²) in [6, 6.07) is 11.4. The fraction of sp³-hybridized carbons (Fsp3) is 0.190. The molecule has 0 spiro atoms. The molecule has 5 nitrogen and oxygen atoms in total. The number of carbonyl (C=O) groups excluding carboxylic acids is 1. The molecule has 2 aromatic carbocycles. The van der Waals surface area contributed by atoms with Crippen molar-refractivity contribution in [2.75, 3.05) is 6.61 Å². The third-order valence-corrected chi connectivity index (χ3v) is 4.85. The summed E-state index contributed by atoms with van der Waals surface area (Å²) in [6.07, 6.45) is 3.41. The van der Waals surface area contributed by atoms with Crippen molar-refractivity contribution >= 4 is 43.8 Å². The number of rotatable bonds is 6. The second kappa shape index (κ2) is 7.48. The summed E-state index contributed by atoms with van der Waals surface area (Å²) < 4.78 is 23.0. The summed E-state index contributed by atoms with van der Waals surface area (Å²) in [4.78, 5) is 12.0. The van der Waals surface area contributed by atoms with Crippen LogP contribution in [0, 0.1) is 0 Å². The highest BCUT2D eigenvalue weighted by Gasteiger charge is 2.15. The first-order valence-corrected chi connectivity index (χ1v) is 9.38.